The molecular weight excluding hydrogens is 319 g/mol. The van der Waals surface area contributed by atoms with Gasteiger partial charge in [0.2, 0.25) is 0 Å². The van der Waals surface area contributed by atoms with E-state index in [0.717, 1.165) is 0 Å². The van der Waals surface area contributed by atoms with E-state index in [-0.39, 0.29) is 16.4 Å². The normalized spacial score (nSPS) is 10.7. The Morgan fingerprint density at radius 2 is 1.96 bits per heavy atom. The predicted molar refractivity (Wildman–Crippen MR) is 88.2 cm³/mol. The predicted octanol–water partition coefficient (Wildman–Crippen LogP) is 3.52. The lowest BCUT2D eigenvalue weighted by molar-refractivity contribution is -0.112. The molecule has 1 amide bonds. The molecule has 0 spiro atoms. The van der Waals surface area contributed by atoms with Gasteiger partial charge in [0.25, 0.3) is 5.91 Å². The Morgan fingerprint density at radius 1 is 1.26 bits per heavy atom. The van der Waals surface area contributed by atoms with Crippen molar-refractivity contribution in [2.24, 2.45) is 0 Å². The highest BCUT2D eigenvalue weighted by molar-refractivity contribution is 6.34. The first kappa shape index (κ1) is 16.3. The molecule has 0 heterocycles. The highest BCUT2D eigenvalue weighted by atomic mass is 35.5. The van der Waals surface area contributed by atoms with E-state index in [4.69, 9.17) is 22.6 Å². The minimum absolute atomic E-state index is 0.165. The van der Waals surface area contributed by atoms with Crippen LogP contribution in [-0.2, 0) is 4.79 Å². The molecule has 2 aromatic carbocycles. The first-order valence-corrected chi connectivity index (χ1v) is 6.86. The minimum Gasteiger partial charge on any atom is -0.399 e. The number of nitrogens with two attached hydrogens (primary N) is 1. The van der Waals surface area contributed by atoms with E-state index in [9.17, 15) is 9.18 Å². The lowest BCUT2D eigenvalue weighted by Crippen LogP contribution is -2.15. The number of halogens is 2. The summed E-state index contributed by atoms with van der Waals surface area (Å²) in [5.41, 5.74) is 6.75. The number of carbonyl (C=O) groups excluding carboxylic acids is 1. The van der Waals surface area contributed by atoms with E-state index in [2.05, 4.69) is 10.6 Å². The topological polar surface area (TPSA) is 90.9 Å². The van der Waals surface area contributed by atoms with Gasteiger partial charge in [0.15, 0.2) is 0 Å². The SMILES string of the molecule is N#C/C(=C/Nc1ccc(F)cc1)C(=O)Nc1ccc(N)cc1Cl. The zero-order chi connectivity index (χ0) is 16.8. The number of anilines is 3. The molecular formula is C16H12ClFN4O. The minimum atomic E-state index is -0.631. The summed E-state index contributed by atoms with van der Waals surface area (Å²) in [5.74, 6) is -1.01. The van der Waals surface area contributed by atoms with E-state index in [1.807, 2.05) is 0 Å². The van der Waals surface area contributed by atoms with Crippen LogP contribution in [0.2, 0.25) is 5.02 Å². The maximum absolute atomic E-state index is 12.8. The molecule has 0 bridgehead atoms. The molecule has 4 N–H and O–H groups in total. The average Bonchev–Trinajstić information content (AvgIpc) is 2.52. The van der Waals surface area contributed by atoms with Crippen molar-refractivity contribution in [3.63, 3.8) is 0 Å². The summed E-state index contributed by atoms with van der Waals surface area (Å²) in [6.07, 6.45) is 1.23. The van der Waals surface area contributed by atoms with Gasteiger partial charge in [0.1, 0.15) is 17.5 Å². The fourth-order valence-corrected chi connectivity index (χ4v) is 1.91. The van der Waals surface area contributed by atoms with Gasteiger partial charge in [-0.25, -0.2) is 4.39 Å². The molecule has 0 saturated carbocycles. The molecule has 0 atom stereocenters. The number of amides is 1. The largest absolute Gasteiger partial charge is 0.399 e. The van der Waals surface area contributed by atoms with Crippen LogP contribution in [0.1, 0.15) is 0 Å². The van der Waals surface area contributed by atoms with Crippen molar-refractivity contribution in [1.82, 2.24) is 0 Å². The zero-order valence-electron chi connectivity index (χ0n) is 11.8. The number of rotatable bonds is 4. The summed E-state index contributed by atoms with van der Waals surface area (Å²) < 4.78 is 12.8. The molecule has 7 heteroatoms. The number of nitrogen functional groups attached to an aromatic ring is 1. The maximum Gasteiger partial charge on any atom is 0.267 e. The molecule has 0 aliphatic heterocycles. The molecule has 23 heavy (non-hydrogen) atoms. The molecule has 0 fully saturated rings. The van der Waals surface area contributed by atoms with Gasteiger partial charge in [0, 0.05) is 17.6 Å². The van der Waals surface area contributed by atoms with Gasteiger partial charge in [0.05, 0.1) is 10.7 Å². The van der Waals surface area contributed by atoms with Crippen LogP contribution in [0.15, 0.2) is 54.2 Å². The van der Waals surface area contributed by atoms with Crippen LogP contribution >= 0.6 is 11.6 Å². The van der Waals surface area contributed by atoms with Crippen LogP contribution in [0.3, 0.4) is 0 Å². The summed E-state index contributed by atoms with van der Waals surface area (Å²) >= 11 is 5.96. The quantitative estimate of drug-likeness (QED) is 0.454. The van der Waals surface area contributed by atoms with Gasteiger partial charge in [-0.1, -0.05) is 11.6 Å². The number of nitrogens with one attached hydrogen (secondary N) is 2. The van der Waals surface area contributed by atoms with E-state index in [1.165, 1.54) is 42.6 Å². The van der Waals surface area contributed by atoms with Gasteiger partial charge >= 0.3 is 0 Å². The Labute approximate surface area is 137 Å². The van der Waals surface area contributed by atoms with Crippen LogP contribution < -0.4 is 16.4 Å². The van der Waals surface area contributed by atoms with Crippen LogP contribution in [-0.4, -0.2) is 5.91 Å². The van der Waals surface area contributed by atoms with Gasteiger partial charge in [-0.3, -0.25) is 4.79 Å². The lowest BCUT2D eigenvalue weighted by atomic mass is 10.2. The van der Waals surface area contributed by atoms with Gasteiger partial charge in [-0.05, 0) is 42.5 Å². The van der Waals surface area contributed by atoms with E-state index < -0.39 is 5.91 Å². The van der Waals surface area contributed by atoms with Crippen molar-refractivity contribution >= 4 is 34.6 Å². The lowest BCUT2D eigenvalue weighted by Gasteiger charge is -2.07. The van der Waals surface area contributed by atoms with Crippen molar-refractivity contribution in [3.05, 3.63) is 65.1 Å². The molecule has 0 aromatic heterocycles. The average molecular weight is 331 g/mol. The Bertz CT molecular complexity index is 797. The van der Waals surface area contributed by atoms with Crippen molar-refractivity contribution in [1.29, 1.82) is 5.26 Å². The molecule has 0 radical (unpaired) electrons. The summed E-state index contributed by atoms with van der Waals surface area (Å²) in [6.45, 7) is 0. The van der Waals surface area contributed by atoms with Gasteiger partial charge in [-0.15, -0.1) is 0 Å². The van der Waals surface area contributed by atoms with E-state index in [1.54, 1.807) is 12.1 Å². The summed E-state index contributed by atoms with van der Waals surface area (Å²) in [5, 5.41) is 14.6. The number of nitrogens with zero attached hydrogens (tertiary/aromatic N) is 1. The second-order valence-corrected chi connectivity index (χ2v) is 4.92. The van der Waals surface area contributed by atoms with Crippen molar-refractivity contribution in [2.75, 3.05) is 16.4 Å². The molecule has 2 aromatic rings. The molecule has 0 aliphatic carbocycles. The third kappa shape index (κ3) is 4.46. The fraction of sp³-hybridized carbons (Fsp3) is 0. The molecule has 2 rings (SSSR count). The van der Waals surface area contributed by atoms with Gasteiger partial charge in [-0.2, -0.15) is 5.26 Å². The number of hydrogen-bond acceptors (Lipinski definition) is 4. The van der Waals surface area contributed by atoms with Crippen molar-refractivity contribution in [2.45, 2.75) is 0 Å². The second kappa shape index (κ2) is 7.29. The van der Waals surface area contributed by atoms with E-state index >= 15 is 0 Å². The maximum atomic E-state index is 12.8. The second-order valence-electron chi connectivity index (χ2n) is 4.51. The van der Waals surface area contributed by atoms with Crippen molar-refractivity contribution in [3.8, 4) is 6.07 Å². The summed E-state index contributed by atoms with van der Waals surface area (Å²) in [4.78, 5) is 12.1. The van der Waals surface area contributed by atoms with Crippen molar-refractivity contribution < 1.29 is 9.18 Å². The molecule has 0 aliphatic rings. The number of benzene rings is 2. The standard InChI is InChI=1S/C16H12ClFN4O/c17-14-7-12(20)3-6-15(14)22-16(23)10(8-19)9-21-13-4-1-11(18)2-5-13/h1-7,9,21H,20H2,(H,22,23)/b10-9-. The van der Waals surface area contributed by atoms with Gasteiger partial charge < -0.3 is 16.4 Å². The van der Waals surface area contributed by atoms with Crippen LogP contribution in [0.5, 0.6) is 0 Å². The number of hydrogen-bond donors (Lipinski definition) is 3. The smallest absolute Gasteiger partial charge is 0.267 e. The Kier molecular flexibility index (Phi) is 5.18. The monoisotopic (exact) mass is 330 g/mol. The van der Waals surface area contributed by atoms with Crippen LogP contribution in [0.4, 0.5) is 21.5 Å². The Morgan fingerprint density at radius 3 is 2.57 bits per heavy atom. The van der Waals surface area contributed by atoms with E-state index in [0.29, 0.717) is 17.1 Å². The number of carbonyl (C=O) groups is 1. The highest BCUT2D eigenvalue weighted by Gasteiger charge is 2.11. The Balaban J connectivity index is 2.10. The van der Waals surface area contributed by atoms with Crippen LogP contribution in [0, 0.1) is 17.1 Å². The van der Waals surface area contributed by atoms with Crippen LogP contribution in [0.25, 0.3) is 0 Å². The summed E-state index contributed by atoms with van der Waals surface area (Å²) in [7, 11) is 0. The fourth-order valence-electron chi connectivity index (χ4n) is 1.67. The molecule has 0 unspecified atom stereocenters. The molecule has 0 saturated heterocycles. The number of nitriles is 1. The zero-order valence-corrected chi connectivity index (χ0v) is 12.6. The Hall–Kier alpha value is -3.04. The highest BCUT2D eigenvalue weighted by Crippen LogP contribution is 2.24. The molecule has 116 valence electrons. The first-order valence-electron chi connectivity index (χ1n) is 6.48. The third-order valence-corrected chi connectivity index (χ3v) is 3.15. The first-order chi connectivity index (χ1) is 11.0. The third-order valence-electron chi connectivity index (χ3n) is 2.83. The summed E-state index contributed by atoms with van der Waals surface area (Å²) in [6, 6.07) is 11.9. The molecule has 5 nitrogen and oxygen atoms in total.